The van der Waals surface area contributed by atoms with Crippen molar-refractivity contribution < 1.29 is 4.74 Å². The summed E-state index contributed by atoms with van der Waals surface area (Å²) in [6.07, 6.45) is 1.67. The Balaban J connectivity index is 2.33. The van der Waals surface area contributed by atoms with Gasteiger partial charge >= 0.3 is 0 Å². The number of methoxy groups -OCH3 is 1. The van der Waals surface area contributed by atoms with E-state index in [1.54, 1.807) is 19.4 Å². The number of thiocarbonyl (C=S) groups is 1. The molecule has 0 aliphatic rings. The number of rotatable bonds is 4. The van der Waals surface area contributed by atoms with Gasteiger partial charge in [-0.2, -0.15) is 0 Å². The number of hydrogen-bond donors (Lipinski definition) is 2. The van der Waals surface area contributed by atoms with Crippen molar-refractivity contribution in [1.82, 2.24) is 4.98 Å². The van der Waals surface area contributed by atoms with E-state index in [1.807, 2.05) is 31.2 Å². The summed E-state index contributed by atoms with van der Waals surface area (Å²) in [7, 11) is 1.63. The Morgan fingerprint density at radius 3 is 2.79 bits per heavy atom. The van der Waals surface area contributed by atoms with Crippen molar-refractivity contribution in [2.45, 2.75) is 6.92 Å². The summed E-state index contributed by atoms with van der Waals surface area (Å²) < 4.78 is 5.31. The first-order chi connectivity index (χ1) is 9.10. The largest absolute Gasteiger partial charge is 0.495 e. The minimum atomic E-state index is 0.349. The lowest BCUT2D eigenvalue weighted by molar-refractivity contribution is 0.416. The van der Waals surface area contributed by atoms with Crippen LogP contribution in [0.3, 0.4) is 0 Å². The first kappa shape index (κ1) is 13.3. The van der Waals surface area contributed by atoms with Crippen molar-refractivity contribution in [2.24, 2.45) is 5.73 Å². The molecule has 1 aromatic heterocycles. The standard InChI is InChI=1S/C14H15N3OS/c1-9-3-4-12(18-2)11(7-9)17-13-8-10(14(15)19)5-6-16-13/h3-8H,1-2H3,(H2,15,19)(H,16,17). The Kier molecular flexibility index (Phi) is 3.97. The van der Waals surface area contributed by atoms with Crippen LogP contribution < -0.4 is 15.8 Å². The summed E-state index contributed by atoms with van der Waals surface area (Å²) in [5.41, 5.74) is 8.37. The van der Waals surface area contributed by atoms with Crippen LogP contribution in [0, 0.1) is 6.92 Å². The highest BCUT2D eigenvalue weighted by atomic mass is 32.1. The van der Waals surface area contributed by atoms with Gasteiger partial charge in [0.05, 0.1) is 12.8 Å². The maximum Gasteiger partial charge on any atom is 0.142 e. The molecular formula is C14H15N3OS. The first-order valence-electron chi connectivity index (χ1n) is 5.77. The van der Waals surface area contributed by atoms with Crippen LogP contribution in [0.25, 0.3) is 0 Å². The molecule has 1 heterocycles. The Morgan fingerprint density at radius 1 is 1.32 bits per heavy atom. The van der Waals surface area contributed by atoms with E-state index in [9.17, 15) is 0 Å². The predicted octanol–water partition coefficient (Wildman–Crippen LogP) is 2.78. The highest BCUT2D eigenvalue weighted by molar-refractivity contribution is 7.80. The number of aryl methyl sites for hydroxylation is 1. The normalized spacial score (nSPS) is 10.0. The van der Waals surface area contributed by atoms with Gasteiger partial charge in [0, 0.05) is 11.8 Å². The van der Waals surface area contributed by atoms with Gasteiger partial charge in [-0.15, -0.1) is 0 Å². The maximum absolute atomic E-state index is 5.61. The number of aromatic nitrogens is 1. The molecule has 1 aromatic carbocycles. The molecule has 0 atom stereocenters. The van der Waals surface area contributed by atoms with Crippen LogP contribution in [0.2, 0.25) is 0 Å². The van der Waals surface area contributed by atoms with Crippen LogP contribution in [0.1, 0.15) is 11.1 Å². The molecule has 0 bridgehead atoms. The van der Waals surface area contributed by atoms with Crippen molar-refractivity contribution in [3.05, 3.63) is 47.7 Å². The smallest absolute Gasteiger partial charge is 0.142 e. The molecule has 0 aliphatic carbocycles. The van der Waals surface area contributed by atoms with E-state index in [0.29, 0.717) is 10.8 Å². The van der Waals surface area contributed by atoms with Crippen molar-refractivity contribution in [3.63, 3.8) is 0 Å². The molecule has 0 unspecified atom stereocenters. The van der Waals surface area contributed by atoms with Crippen LogP contribution >= 0.6 is 12.2 Å². The second-order valence-corrected chi connectivity index (χ2v) is 4.56. The summed E-state index contributed by atoms with van der Waals surface area (Å²) in [6, 6.07) is 9.48. The lowest BCUT2D eigenvalue weighted by Crippen LogP contribution is -2.10. The molecule has 2 rings (SSSR count). The zero-order chi connectivity index (χ0) is 13.8. The number of nitrogens with two attached hydrogens (primary N) is 1. The Morgan fingerprint density at radius 2 is 2.11 bits per heavy atom. The van der Waals surface area contributed by atoms with Gasteiger partial charge in [0.1, 0.15) is 16.6 Å². The average molecular weight is 273 g/mol. The molecular weight excluding hydrogens is 258 g/mol. The van der Waals surface area contributed by atoms with Crippen LogP contribution in [-0.4, -0.2) is 17.1 Å². The Labute approximate surface area is 117 Å². The molecule has 0 spiro atoms. The van der Waals surface area contributed by atoms with Gasteiger partial charge in [0.15, 0.2) is 0 Å². The van der Waals surface area contributed by atoms with Gasteiger partial charge in [-0.1, -0.05) is 18.3 Å². The van der Waals surface area contributed by atoms with Crippen LogP contribution in [0.4, 0.5) is 11.5 Å². The summed E-state index contributed by atoms with van der Waals surface area (Å²) in [5, 5.41) is 3.21. The topological polar surface area (TPSA) is 60.2 Å². The number of ether oxygens (including phenoxy) is 1. The number of hydrogen-bond acceptors (Lipinski definition) is 4. The lowest BCUT2D eigenvalue weighted by Gasteiger charge is -2.12. The second-order valence-electron chi connectivity index (χ2n) is 4.12. The molecule has 0 fully saturated rings. The van der Waals surface area contributed by atoms with Gasteiger partial charge in [-0.25, -0.2) is 4.98 Å². The van der Waals surface area contributed by atoms with E-state index in [4.69, 9.17) is 22.7 Å². The van der Waals surface area contributed by atoms with Crippen LogP contribution in [0.5, 0.6) is 5.75 Å². The molecule has 0 saturated heterocycles. The molecule has 19 heavy (non-hydrogen) atoms. The summed E-state index contributed by atoms with van der Waals surface area (Å²) in [6.45, 7) is 2.02. The van der Waals surface area contributed by atoms with Crippen molar-refractivity contribution in [1.29, 1.82) is 0 Å². The van der Waals surface area contributed by atoms with Crippen LogP contribution in [0.15, 0.2) is 36.5 Å². The maximum atomic E-state index is 5.61. The minimum Gasteiger partial charge on any atom is -0.495 e. The van der Waals surface area contributed by atoms with E-state index in [2.05, 4.69) is 10.3 Å². The third kappa shape index (κ3) is 3.20. The monoisotopic (exact) mass is 273 g/mol. The molecule has 0 aliphatic heterocycles. The van der Waals surface area contributed by atoms with Gasteiger partial charge < -0.3 is 15.8 Å². The van der Waals surface area contributed by atoms with Crippen LogP contribution in [-0.2, 0) is 0 Å². The third-order valence-corrected chi connectivity index (χ3v) is 2.90. The van der Waals surface area contributed by atoms with Gasteiger partial charge in [0.25, 0.3) is 0 Å². The minimum absolute atomic E-state index is 0.349. The molecule has 5 heteroatoms. The number of benzene rings is 1. The van der Waals surface area contributed by atoms with E-state index < -0.39 is 0 Å². The zero-order valence-electron chi connectivity index (χ0n) is 10.8. The summed E-state index contributed by atoms with van der Waals surface area (Å²) in [4.78, 5) is 4.59. The number of nitrogens with one attached hydrogen (secondary N) is 1. The highest BCUT2D eigenvalue weighted by Gasteiger charge is 2.05. The second kappa shape index (κ2) is 5.67. The fourth-order valence-corrected chi connectivity index (χ4v) is 1.84. The molecule has 2 aromatic rings. The fourth-order valence-electron chi connectivity index (χ4n) is 1.71. The third-order valence-electron chi connectivity index (χ3n) is 2.66. The molecule has 3 N–H and O–H groups in total. The molecule has 0 amide bonds. The summed E-state index contributed by atoms with van der Waals surface area (Å²) >= 11 is 4.95. The highest BCUT2D eigenvalue weighted by Crippen LogP contribution is 2.27. The van der Waals surface area contributed by atoms with Crippen molar-refractivity contribution in [2.75, 3.05) is 12.4 Å². The van der Waals surface area contributed by atoms with Gasteiger partial charge in [0.2, 0.25) is 0 Å². The molecule has 4 nitrogen and oxygen atoms in total. The molecule has 0 radical (unpaired) electrons. The first-order valence-corrected chi connectivity index (χ1v) is 6.18. The Bertz CT molecular complexity index is 613. The molecule has 98 valence electrons. The Hall–Kier alpha value is -2.14. The van der Waals surface area contributed by atoms with E-state index in [1.165, 1.54) is 0 Å². The predicted molar refractivity (Wildman–Crippen MR) is 81.1 cm³/mol. The SMILES string of the molecule is COc1ccc(C)cc1Nc1cc(C(N)=S)ccn1. The average Bonchev–Trinajstić information content (AvgIpc) is 2.39. The van der Waals surface area contributed by atoms with E-state index in [0.717, 1.165) is 22.6 Å². The quantitative estimate of drug-likeness (QED) is 0.839. The lowest BCUT2D eigenvalue weighted by atomic mass is 10.2. The van der Waals surface area contributed by atoms with Crippen molar-refractivity contribution >= 4 is 28.7 Å². The number of pyridine rings is 1. The fraction of sp³-hybridized carbons (Fsp3) is 0.143. The number of nitrogens with zero attached hydrogens (tertiary/aromatic N) is 1. The number of anilines is 2. The van der Waals surface area contributed by atoms with Gasteiger partial charge in [-0.3, -0.25) is 0 Å². The van der Waals surface area contributed by atoms with Gasteiger partial charge in [-0.05, 0) is 36.8 Å². The van der Waals surface area contributed by atoms with Crippen molar-refractivity contribution in [3.8, 4) is 5.75 Å². The molecule has 0 saturated carbocycles. The van der Waals surface area contributed by atoms with E-state index in [-0.39, 0.29) is 0 Å². The zero-order valence-corrected chi connectivity index (χ0v) is 11.6. The summed E-state index contributed by atoms with van der Waals surface area (Å²) in [5.74, 6) is 1.43. The van der Waals surface area contributed by atoms with E-state index >= 15 is 0 Å².